The molecule has 2 rings (SSSR count). The Morgan fingerprint density at radius 2 is 1.71 bits per heavy atom. The average molecular weight is 230 g/mol. The maximum absolute atomic E-state index is 11.2. The molecule has 0 aromatic heterocycles. The van der Waals surface area contributed by atoms with Gasteiger partial charge in [-0.1, -0.05) is 37.6 Å². The number of Topliss-reactive ketones (excluding diaryl/α,β-unsaturated/α-hetero) is 1. The molecule has 1 aliphatic carbocycles. The van der Waals surface area contributed by atoms with Crippen molar-refractivity contribution in [2.75, 3.05) is 0 Å². The Balaban J connectivity index is 2.01. The quantitative estimate of drug-likeness (QED) is 0.695. The van der Waals surface area contributed by atoms with Gasteiger partial charge in [0.2, 0.25) is 0 Å². The molecule has 92 valence electrons. The van der Waals surface area contributed by atoms with Crippen LogP contribution in [-0.2, 0) is 0 Å². The van der Waals surface area contributed by atoms with Crippen LogP contribution in [0.4, 0.5) is 0 Å². The Bertz CT molecular complexity index is 369. The highest BCUT2D eigenvalue weighted by Crippen LogP contribution is 2.36. The van der Waals surface area contributed by atoms with Crippen LogP contribution in [0.25, 0.3) is 0 Å². The molecule has 1 aromatic carbocycles. The predicted molar refractivity (Wildman–Crippen MR) is 71.4 cm³/mol. The van der Waals surface area contributed by atoms with Crippen molar-refractivity contribution in [3.63, 3.8) is 0 Å². The highest BCUT2D eigenvalue weighted by atomic mass is 16.1. The van der Waals surface area contributed by atoms with Gasteiger partial charge in [0.25, 0.3) is 0 Å². The topological polar surface area (TPSA) is 17.1 Å². The maximum atomic E-state index is 11.2. The van der Waals surface area contributed by atoms with E-state index in [1.165, 1.54) is 37.7 Å². The summed E-state index contributed by atoms with van der Waals surface area (Å²) in [6.45, 7) is 3.92. The zero-order valence-electron chi connectivity index (χ0n) is 10.9. The third kappa shape index (κ3) is 2.96. The molecule has 0 spiro atoms. The van der Waals surface area contributed by atoms with Gasteiger partial charge in [-0.3, -0.25) is 4.79 Å². The molecule has 0 atom stereocenters. The van der Waals surface area contributed by atoms with Gasteiger partial charge in [0.1, 0.15) is 0 Å². The number of hydrogen-bond acceptors (Lipinski definition) is 1. The van der Waals surface area contributed by atoms with Crippen LogP contribution < -0.4 is 0 Å². The van der Waals surface area contributed by atoms with E-state index >= 15 is 0 Å². The van der Waals surface area contributed by atoms with E-state index in [2.05, 4.69) is 19.1 Å². The van der Waals surface area contributed by atoms with Crippen molar-refractivity contribution in [2.24, 2.45) is 5.92 Å². The largest absolute Gasteiger partial charge is 0.295 e. The van der Waals surface area contributed by atoms with E-state index in [0.29, 0.717) is 0 Å². The summed E-state index contributed by atoms with van der Waals surface area (Å²) in [6, 6.07) is 8.24. The Morgan fingerprint density at radius 1 is 1.12 bits per heavy atom. The van der Waals surface area contributed by atoms with E-state index in [9.17, 15) is 4.79 Å². The minimum Gasteiger partial charge on any atom is -0.295 e. The first-order chi connectivity index (χ1) is 8.20. The van der Waals surface area contributed by atoms with E-state index in [1.807, 2.05) is 12.1 Å². The van der Waals surface area contributed by atoms with E-state index in [-0.39, 0.29) is 5.78 Å². The van der Waals surface area contributed by atoms with Gasteiger partial charge in [0.05, 0.1) is 0 Å². The fourth-order valence-corrected chi connectivity index (χ4v) is 2.89. The van der Waals surface area contributed by atoms with Crippen molar-refractivity contribution in [2.45, 2.75) is 51.9 Å². The van der Waals surface area contributed by atoms with E-state index in [0.717, 1.165) is 17.4 Å². The second-order valence-electron chi connectivity index (χ2n) is 5.30. The summed E-state index contributed by atoms with van der Waals surface area (Å²) >= 11 is 0. The first kappa shape index (κ1) is 12.3. The Hall–Kier alpha value is -1.11. The number of rotatable bonds is 3. The molecule has 0 aliphatic heterocycles. The summed E-state index contributed by atoms with van der Waals surface area (Å²) in [5.41, 5.74) is 2.25. The molecule has 0 heterocycles. The SMILES string of the molecule is CC[C@H]1CC[C@H](c2ccc(C(C)=O)cc2)CC1. The first-order valence-corrected chi connectivity index (χ1v) is 6.81. The molecule has 0 saturated heterocycles. The van der Waals surface area contributed by atoms with Crippen LogP contribution in [0, 0.1) is 5.92 Å². The zero-order chi connectivity index (χ0) is 12.3. The lowest BCUT2D eigenvalue weighted by molar-refractivity contribution is 0.101. The van der Waals surface area contributed by atoms with E-state index < -0.39 is 0 Å². The van der Waals surface area contributed by atoms with Crippen molar-refractivity contribution in [3.8, 4) is 0 Å². The Morgan fingerprint density at radius 3 is 2.18 bits per heavy atom. The molecule has 1 heteroatoms. The molecule has 0 unspecified atom stereocenters. The Kier molecular flexibility index (Phi) is 3.98. The van der Waals surface area contributed by atoms with Crippen LogP contribution in [0.5, 0.6) is 0 Å². The second-order valence-corrected chi connectivity index (χ2v) is 5.30. The van der Waals surface area contributed by atoms with Crippen molar-refractivity contribution in [1.29, 1.82) is 0 Å². The standard InChI is InChI=1S/C16H22O/c1-3-13-4-6-15(7-5-13)16-10-8-14(9-11-16)12(2)17/h8-11,13,15H,3-7H2,1-2H3/t13-,15-. The average Bonchev–Trinajstić information content (AvgIpc) is 2.39. The van der Waals surface area contributed by atoms with Crippen LogP contribution in [-0.4, -0.2) is 5.78 Å². The third-order valence-corrected chi connectivity index (χ3v) is 4.21. The number of benzene rings is 1. The molecule has 0 N–H and O–H groups in total. The molecule has 1 saturated carbocycles. The van der Waals surface area contributed by atoms with Gasteiger partial charge in [0.15, 0.2) is 5.78 Å². The maximum Gasteiger partial charge on any atom is 0.159 e. The highest BCUT2D eigenvalue weighted by molar-refractivity contribution is 5.94. The minimum atomic E-state index is 0.159. The number of ketones is 1. The highest BCUT2D eigenvalue weighted by Gasteiger charge is 2.21. The Labute approximate surface area is 104 Å². The number of hydrogen-bond donors (Lipinski definition) is 0. The zero-order valence-corrected chi connectivity index (χ0v) is 10.9. The molecular weight excluding hydrogens is 208 g/mol. The molecule has 1 aliphatic rings. The van der Waals surface area contributed by atoms with Gasteiger partial charge in [-0.2, -0.15) is 0 Å². The molecule has 1 nitrogen and oxygen atoms in total. The number of carbonyl (C=O) groups is 1. The lowest BCUT2D eigenvalue weighted by Gasteiger charge is -2.28. The lowest BCUT2D eigenvalue weighted by Crippen LogP contribution is -2.12. The monoisotopic (exact) mass is 230 g/mol. The summed E-state index contributed by atoms with van der Waals surface area (Å²) in [7, 11) is 0. The summed E-state index contributed by atoms with van der Waals surface area (Å²) in [4.78, 5) is 11.2. The number of carbonyl (C=O) groups excluding carboxylic acids is 1. The minimum absolute atomic E-state index is 0.159. The molecule has 1 aromatic rings. The van der Waals surface area contributed by atoms with E-state index in [4.69, 9.17) is 0 Å². The summed E-state index contributed by atoms with van der Waals surface area (Å²) in [5, 5.41) is 0. The third-order valence-electron chi connectivity index (χ3n) is 4.21. The van der Waals surface area contributed by atoms with Gasteiger partial charge in [-0.15, -0.1) is 0 Å². The van der Waals surface area contributed by atoms with Gasteiger partial charge in [-0.05, 0) is 50.0 Å². The van der Waals surface area contributed by atoms with Crippen LogP contribution in [0.1, 0.15) is 67.8 Å². The fraction of sp³-hybridized carbons (Fsp3) is 0.562. The fourth-order valence-electron chi connectivity index (χ4n) is 2.89. The van der Waals surface area contributed by atoms with Crippen LogP contribution in [0.3, 0.4) is 0 Å². The van der Waals surface area contributed by atoms with Crippen molar-refractivity contribution >= 4 is 5.78 Å². The summed E-state index contributed by atoms with van der Waals surface area (Å²) in [5.74, 6) is 1.83. The normalized spacial score (nSPS) is 24.6. The van der Waals surface area contributed by atoms with Crippen LogP contribution in [0.15, 0.2) is 24.3 Å². The predicted octanol–water partition coefficient (Wildman–Crippen LogP) is 4.57. The summed E-state index contributed by atoms with van der Waals surface area (Å²) < 4.78 is 0. The van der Waals surface area contributed by atoms with E-state index in [1.54, 1.807) is 6.92 Å². The smallest absolute Gasteiger partial charge is 0.159 e. The van der Waals surface area contributed by atoms with Gasteiger partial charge in [0, 0.05) is 5.56 Å². The van der Waals surface area contributed by atoms with Gasteiger partial charge < -0.3 is 0 Å². The van der Waals surface area contributed by atoms with Gasteiger partial charge in [-0.25, -0.2) is 0 Å². The molecule has 17 heavy (non-hydrogen) atoms. The lowest BCUT2D eigenvalue weighted by atomic mass is 9.78. The van der Waals surface area contributed by atoms with Gasteiger partial charge >= 0.3 is 0 Å². The van der Waals surface area contributed by atoms with Crippen molar-refractivity contribution in [3.05, 3.63) is 35.4 Å². The molecule has 0 bridgehead atoms. The molecule has 0 amide bonds. The van der Waals surface area contributed by atoms with Crippen LogP contribution >= 0.6 is 0 Å². The molecule has 0 radical (unpaired) electrons. The van der Waals surface area contributed by atoms with Crippen molar-refractivity contribution < 1.29 is 4.79 Å². The second kappa shape index (κ2) is 5.48. The molecule has 1 fully saturated rings. The first-order valence-electron chi connectivity index (χ1n) is 6.81. The molecular formula is C16H22O. The summed E-state index contributed by atoms with van der Waals surface area (Å²) in [6.07, 6.45) is 6.71. The van der Waals surface area contributed by atoms with Crippen LogP contribution in [0.2, 0.25) is 0 Å². The van der Waals surface area contributed by atoms with Crippen molar-refractivity contribution in [1.82, 2.24) is 0 Å².